The van der Waals surface area contributed by atoms with Crippen molar-refractivity contribution in [2.45, 2.75) is 5.75 Å². The van der Waals surface area contributed by atoms with Crippen LogP contribution in [0.2, 0.25) is 5.02 Å². The highest BCUT2D eigenvalue weighted by atomic mass is 35.5. The fourth-order valence-electron chi connectivity index (χ4n) is 0.777. The first-order valence-corrected chi connectivity index (χ1v) is 4.80. The van der Waals surface area contributed by atoms with Gasteiger partial charge in [-0.15, -0.1) is 0 Å². The molecule has 0 radical (unpaired) electrons. The summed E-state index contributed by atoms with van der Waals surface area (Å²) in [6, 6.07) is 7.64. The molecule has 0 aliphatic heterocycles. The molecule has 0 aromatic heterocycles. The van der Waals surface area contributed by atoms with Crippen molar-refractivity contribution in [3.05, 3.63) is 34.9 Å². The molecule has 0 bridgehead atoms. The van der Waals surface area contributed by atoms with Crippen molar-refractivity contribution >= 4 is 28.5 Å². The first kappa shape index (κ1) is 9.42. The van der Waals surface area contributed by atoms with Crippen LogP contribution in [0.3, 0.4) is 0 Å². The molecule has 4 N–H and O–H groups in total. The van der Waals surface area contributed by atoms with Gasteiger partial charge in [-0.1, -0.05) is 29.8 Å². The van der Waals surface area contributed by atoms with Gasteiger partial charge < -0.3 is 0 Å². The van der Waals surface area contributed by atoms with E-state index in [9.17, 15) is 0 Å². The molecule has 2 nitrogen and oxygen atoms in total. The van der Waals surface area contributed by atoms with Crippen molar-refractivity contribution in [3.8, 4) is 0 Å². The van der Waals surface area contributed by atoms with Crippen LogP contribution in [0, 0.1) is 0 Å². The quantitative estimate of drug-likeness (QED) is 0.545. The molecule has 0 heterocycles. The second-order valence-electron chi connectivity index (χ2n) is 2.28. The Kier molecular flexibility index (Phi) is 3.44. The molecule has 4 heteroatoms. The van der Waals surface area contributed by atoms with Crippen LogP contribution in [0.5, 0.6) is 0 Å². The van der Waals surface area contributed by atoms with E-state index < -0.39 is 0 Å². The minimum Gasteiger partial charge on any atom is -0.282 e. The Bertz CT molecular complexity index is 288. The van der Waals surface area contributed by atoms with E-state index in [1.165, 1.54) is 11.8 Å². The van der Waals surface area contributed by atoms with Crippen LogP contribution >= 0.6 is 23.4 Å². The molecular formula is C8H10ClN2S+. The smallest absolute Gasteiger partial charge is 0.282 e. The first-order valence-electron chi connectivity index (χ1n) is 3.44. The fourth-order valence-corrected chi connectivity index (χ4v) is 1.63. The SMILES string of the molecule is NC(=[NH2+])SCc1ccccc1Cl. The Balaban J connectivity index is 2.63. The molecule has 0 aliphatic rings. The molecular weight excluding hydrogens is 192 g/mol. The molecule has 0 amide bonds. The maximum Gasteiger partial charge on any atom is 0.300 e. The standard InChI is InChI=1S/C8H9ClN2S/c9-7-4-2-1-3-6(7)5-12-8(10)11/h1-4H,5H2,(H3,10,11)/p+1. The lowest BCUT2D eigenvalue weighted by atomic mass is 10.2. The van der Waals surface area contributed by atoms with Gasteiger partial charge in [-0.2, -0.15) is 0 Å². The van der Waals surface area contributed by atoms with Crippen LogP contribution in [0.1, 0.15) is 5.56 Å². The molecule has 0 spiro atoms. The van der Waals surface area contributed by atoms with Gasteiger partial charge >= 0.3 is 0 Å². The third-order valence-electron chi connectivity index (χ3n) is 1.35. The van der Waals surface area contributed by atoms with E-state index >= 15 is 0 Å². The second-order valence-corrected chi connectivity index (χ2v) is 3.74. The molecule has 1 aromatic rings. The average molecular weight is 202 g/mol. The molecule has 0 atom stereocenters. The molecule has 1 rings (SSSR count). The lowest BCUT2D eigenvalue weighted by Gasteiger charge is -1.99. The minimum absolute atomic E-state index is 0.370. The Morgan fingerprint density at radius 2 is 2.17 bits per heavy atom. The summed E-state index contributed by atoms with van der Waals surface area (Å²) in [6.45, 7) is 0. The topological polar surface area (TPSA) is 51.6 Å². The summed E-state index contributed by atoms with van der Waals surface area (Å²) in [4.78, 5) is 0. The zero-order valence-electron chi connectivity index (χ0n) is 6.46. The van der Waals surface area contributed by atoms with E-state index in [4.69, 9.17) is 22.7 Å². The Morgan fingerprint density at radius 3 is 2.75 bits per heavy atom. The van der Waals surface area contributed by atoms with Crippen LogP contribution in [-0.4, -0.2) is 5.17 Å². The van der Waals surface area contributed by atoms with Crippen LogP contribution < -0.4 is 11.1 Å². The second kappa shape index (κ2) is 4.38. The molecule has 0 unspecified atom stereocenters. The normalized spacial score (nSPS) is 9.75. The monoisotopic (exact) mass is 201 g/mol. The van der Waals surface area contributed by atoms with Crippen molar-refractivity contribution in [2.75, 3.05) is 0 Å². The summed E-state index contributed by atoms with van der Waals surface area (Å²) >= 11 is 7.29. The first-order chi connectivity index (χ1) is 5.70. The van der Waals surface area contributed by atoms with Gasteiger partial charge in [0.05, 0.1) is 0 Å². The van der Waals surface area contributed by atoms with E-state index in [0.29, 0.717) is 5.17 Å². The van der Waals surface area contributed by atoms with Crippen molar-refractivity contribution in [3.63, 3.8) is 0 Å². The Labute approximate surface area is 80.6 Å². The third-order valence-corrected chi connectivity index (χ3v) is 2.51. The fraction of sp³-hybridized carbons (Fsp3) is 0.125. The zero-order chi connectivity index (χ0) is 8.97. The van der Waals surface area contributed by atoms with Crippen LogP contribution in [0.25, 0.3) is 0 Å². The van der Waals surface area contributed by atoms with Gasteiger partial charge in [-0.05, 0) is 23.4 Å². The molecule has 0 fully saturated rings. The molecule has 1 aromatic carbocycles. The molecule has 0 aliphatic carbocycles. The Hall–Kier alpha value is -0.670. The van der Waals surface area contributed by atoms with Crippen LogP contribution in [0.15, 0.2) is 24.3 Å². The van der Waals surface area contributed by atoms with E-state index in [-0.39, 0.29) is 0 Å². The third kappa shape index (κ3) is 2.75. The predicted octanol–water partition coefficient (Wildman–Crippen LogP) is 0.647. The lowest BCUT2D eigenvalue weighted by Crippen LogP contribution is -2.43. The summed E-state index contributed by atoms with van der Waals surface area (Å²) in [5.41, 5.74) is 6.36. The number of benzene rings is 1. The molecule has 12 heavy (non-hydrogen) atoms. The molecule has 64 valence electrons. The van der Waals surface area contributed by atoms with E-state index in [1.807, 2.05) is 24.3 Å². The van der Waals surface area contributed by atoms with Gasteiger partial charge in [-0.25, -0.2) is 0 Å². The highest BCUT2D eigenvalue weighted by Crippen LogP contribution is 2.19. The number of nitrogens with two attached hydrogens (primary N) is 2. The molecule has 0 saturated carbocycles. The largest absolute Gasteiger partial charge is 0.300 e. The number of thioether (sulfide) groups is 1. The zero-order valence-corrected chi connectivity index (χ0v) is 8.03. The number of rotatable bonds is 2. The maximum absolute atomic E-state index is 5.90. The van der Waals surface area contributed by atoms with Gasteiger partial charge in [0.2, 0.25) is 0 Å². The number of hydrogen-bond donors (Lipinski definition) is 2. The average Bonchev–Trinajstić information content (AvgIpc) is 2.03. The maximum atomic E-state index is 5.90. The van der Waals surface area contributed by atoms with Gasteiger partial charge in [0.1, 0.15) is 0 Å². The van der Waals surface area contributed by atoms with Crippen LogP contribution in [0.4, 0.5) is 0 Å². The summed E-state index contributed by atoms with van der Waals surface area (Å²) < 4.78 is 0. The highest BCUT2D eigenvalue weighted by Gasteiger charge is 2.01. The van der Waals surface area contributed by atoms with Gasteiger partial charge in [0.15, 0.2) is 0 Å². The lowest BCUT2D eigenvalue weighted by molar-refractivity contribution is -0.110. The minimum atomic E-state index is 0.370. The summed E-state index contributed by atoms with van der Waals surface area (Å²) in [5, 5.41) is 6.43. The number of halogens is 1. The summed E-state index contributed by atoms with van der Waals surface area (Å²) in [7, 11) is 0. The van der Waals surface area contributed by atoms with Crippen molar-refractivity contribution < 1.29 is 5.41 Å². The Morgan fingerprint density at radius 1 is 1.50 bits per heavy atom. The van der Waals surface area contributed by atoms with Crippen LogP contribution in [-0.2, 0) is 5.75 Å². The number of amidine groups is 1. The summed E-state index contributed by atoms with van der Waals surface area (Å²) in [5.74, 6) is 0.724. The highest BCUT2D eigenvalue weighted by molar-refractivity contribution is 8.12. The van der Waals surface area contributed by atoms with Crippen molar-refractivity contribution in [1.82, 2.24) is 0 Å². The van der Waals surface area contributed by atoms with E-state index in [1.54, 1.807) is 0 Å². The van der Waals surface area contributed by atoms with Gasteiger partial charge in [0, 0.05) is 10.8 Å². The van der Waals surface area contributed by atoms with E-state index in [0.717, 1.165) is 16.3 Å². The van der Waals surface area contributed by atoms with Crippen molar-refractivity contribution in [1.29, 1.82) is 0 Å². The predicted molar refractivity (Wildman–Crippen MR) is 53.9 cm³/mol. The summed E-state index contributed by atoms with van der Waals surface area (Å²) in [6.07, 6.45) is 0. The number of hydrogen-bond acceptors (Lipinski definition) is 1. The van der Waals surface area contributed by atoms with Gasteiger partial charge in [-0.3, -0.25) is 11.1 Å². The van der Waals surface area contributed by atoms with Crippen molar-refractivity contribution in [2.24, 2.45) is 5.73 Å². The van der Waals surface area contributed by atoms with E-state index in [2.05, 4.69) is 0 Å². The molecule has 0 saturated heterocycles. The van der Waals surface area contributed by atoms with Gasteiger partial charge in [0.25, 0.3) is 5.17 Å².